The summed E-state index contributed by atoms with van der Waals surface area (Å²) in [4.78, 5) is 50.7. The molecule has 0 unspecified atom stereocenters. The summed E-state index contributed by atoms with van der Waals surface area (Å²) in [5.41, 5.74) is 1.23. The lowest BCUT2D eigenvalue weighted by atomic mass is 10.1. The number of anilines is 2. The van der Waals surface area contributed by atoms with Crippen molar-refractivity contribution in [2.45, 2.75) is 58.6 Å². The van der Waals surface area contributed by atoms with E-state index in [4.69, 9.17) is 9.15 Å². The molecule has 0 bridgehead atoms. The van der Waals surface area contributed by atoms with Crippen LogP contribution in [0, 0.1) is 6.92 Å². The first kappa shape index (κ1) is 26.1. The molecule has 1 aromatic carbocycles. The molecular formula is C27H33N5O5. The summed E-state index contributed by atoms with van der Waals surface area (Å²) >= 11 is 0. The van der Waals surface area contributed by atoms with Crippen LogP contribution in [0.1, 0.15) is 44.7 Å². The molecule has 1 atom stereocenters. The van der Waals surface area contributed by atoms with Gasteiger partial charge in [0, 0.05) is 38.2 Å². The third-order valence-corrected chi connectivity index (χ3v) is 6.30. The third-order valence-electron chi connectivity index (χ3n) is 6.30. The van der Waals surface area contributed by atoms with Gasteiger partial charge in [-0.05, 0) is 76.3 Å². The van der Waals surface area contributed by atoms with Crippen LogP contribution in [0.15, 0.2) is 45.9 Å². The number of fused-ring (bicyclic) bond motifs is 1. The van der Waals surface area contributed by atoms with E-state index in [0.29, 0.717) is 42.7 Å². The fourth-order valence-corrected chi connectivity index (χ4v) is 4.44. The van der Waals surface area contributed by atoms with E-state index in [9.17, 15) is 14.4 Å². The Morgan fingerprint density at radius 3 is 2.76 bits per heavy atom. The van der Waals surface area contributed by atoms with Crippen LogP contribution in [-0.2, 0) is 16.0 Å². The van der Waals surface area contributed by atoms with Gasteiger partial charge in [-0.25, -0.2) is 9.59 Å². The zero-order valence-electron chi connectivity index (χ0n) is 21.9. The number of ether oxygens (including phenoxy) is 1. The summed E-state index contributed by atoms with van der Waals surface area (Å²) in [6, 6.07) is 6.86. The van der Waals surface area contributed by atoms with Crippen molar-refractivity contribution in [1.82, 2.24) is 14.9 Å². The molecule has 0 saturated carbocycles. The van der Waals surface area contributed by atoms with Crippen molar-refractivity contribution in [2.24, 2.45) is 0 Å². The predicted octanol–water partition coefficient (Wildman–Crippen LogP) is 3.91. The van der Waals surface area contributed by atoms with Crippen LogP contribution in [0.4, 0.5) is 16.5 Å². The number of carbonyl (C=O) groups is 2. The number of rotatable bonds is 6. The van der Waals surface area contributed by atoms with Gasteiger partial charge in [-0.1, -0.05) is 6.07 Å². The molecule has 1 aliphatic heterocycles. The Balaban J connectivity index is 1.53. The molecule has 1 N–H and O–H groups in total. The molecule has 3 aromatic rings. The lowest BCUT2D eigenvalue weighted by Gasteiger charge is -2.27. The van der Waals surface area contributed by atoms with Crippen LogP contribution < -0.4 is 15.8 Å². The SMILES string of the molecule is Cc1c(NC(=O)OC(C)(C)C)ccc2nc(N3CCC[C@H]3C(=O)N(C)CCc3cccnc3)oc(=O)c12. The summed E-state index contributed by atoms with van der Waals surface area (Å²) in [6.45, 7) is 8.15. The molecule has 4 rings (SSSR count). The van der Waals surface area contributed by atoms with Crippen molar-refractivity contribution in [3.8, 4) is 0 Å². The van der Waals surface area contributed by atoms with Gasteiger partial charge in [0.25, 0.3) is 0 Å². The number of carbonyl (C=O) groups excluding carboxylic acids is 2. The Morgan fingerprint density at radius 1 is 1.27 bits per heavy atom. The first-order chi connectivity index (χ1) is 17.5. The van der Waals surface area contributed by atoms with Crippen molar-refractivity contribution in [3.63, 3.8) is 0 Å². The lowest BCUT2D eigenvalue weighted by Crippen LogP contribution is -2.45. The van der Waals surface area contributed by atoms with Crippen molar-refractivity contribution >= 4 is 34.6 Å². The second-order valence-corrected chi connectivity index (χ2v) is 10.3. The van der Waals surface area contributed by atoms with Gasteiger partial charge < -0.3 is 19.0 Å². The molecular weight excluding hydrogens is 474 g/mol. The van der Waals surface area contributed by atoms with Crippen molar-refractivity contribution in [1.29, 1.82) is 0 Å². The summed E-state index contributed by atoms with van der Waals surface area (Å²) in [5.74, 6) is -0.0426. The fourth-order valence-electron chi connectivity index (χ4n) is 4.44. The van der Waals surface area contributed by atoms with Crippen LogP contribution in [0.5, 0.6) is 0 Å². The summed E-state index contributed by atoms with van der Waals surface area (Å²) < 4.78 is 10.9. The molecule has 10 nitrogen and oxygen atoms in total. The van der Waals surface area contributed by atoms with Gasteiger partial charge >= 0.3 is 17.7 Å². The van der Waals surface area contributed by atoms with Gasteiger partial charge in [-0.15, -0.1) is 0 Å². The predicted molar refractivity (Wildman–Crippen MR) is 141 cm³/mol. The summed E-state index contributed by atoms with van der Waals surface area (Å²) in [5, 5.41) is 2.95. The monoisotopic (exact) mass is 507 g/mol. The smallest absolute Gasteiger partial charge is 0.412 e. The number of likely N-dealkylation sites (N-methyl/N-ethyl adjacent to an activating group) is 1. The zero-order chi connectivity index (χ0) is 26.7. The number of pyridine rings is 1. The number of benzene rings is 1. The molecule has 0 radical (unpaired) electrons. The molecule has 1 fully saturated rings. The number of aryl methyl sites for hydroxylation is 1. The molecule has 2 amide bonds. The number of nitrogens with one attached hydrogen (secondary N) is 1. The Morgan fingerprint density at radius 2 is 2.05 bits per heavy atom. The molecule has 3 heterocycles. The van der Waals surface area contributed by atoms with Crippen molar-refractivity contribution in [2.75, 3.05) is 30.4 Å². The summed E-state index contributed by atoms with van der Waals surface area (Å²) in [7, 11) is 1.78. The van der Waals surface area contributed by atoms with Crippen LogP contribution in [0.3, 0.4) is 0 Å². The highest BCUT2D eigenvalue weighted by Crippen LogP contribution is 2.28. The zero-order valence-corrected chi connectivity index (χ0v) is 21.9. The minimum absolute atomic E-state index is 0.0426. The average Bonchev–Trinajstić information content (AvgIpc) is 3.33. The maximum absolute atomic E-state index is 13.3. The summed E-state index contributed by atoms with van der Waals surface area (Å²) in [6.07, 6.45) is 5.04. The second-order valence-electron chi connectivity index (χ2n) is 10.3. The van der Waals surface area contributed by atoms with Crippen LogP contribution in [0.2, 0.25) is 0 Å². The third kappa shape index (κ3) is 6.07. The highest BCUT2D eigenvalue weighted by atomic mass is 16.6. The van der Waals surface area contributed by atoms with E-state index in [1.807, 2.05) is 12.1 Å². The van der Waals surface area contributed by atoms with Gasteiger partial charge in [-0.3, -0.25) is 15.1 Å². The number of amides is 2. The minimum Gasteiger partial charge on any atom is -0.444 e. The highest BCUT2D eigenvalue weighted by Gasteiger charge is 2.35. The van der Waals surface area contributed by atoms with Gasteiger partial charge in [0.1, 0.15) is 11.6 Å². The molecule has 10 heteroatoms. The Bertz CT molecular complexity index is 1350. The van der Waals surface area contributed by atoms with E-state index in [-0.39, 0.29) is 17.3 Å². The van der Waals surface area contributed by atoms with Gasteiger partial charge in [-0.2, -0.15) is 4.98 Å². The van der Waals surface area contributed by atoms with E-state index in [0.717, 1.165) is 12.0 Å². The number of aromatic nitrogens is 2. The lowest BCUT2D eigenvalue weighted by molar-refractivity contribution is -0.131. The largest absolute Gasteiger partial charge is 0.444 e. The number of hydrogen-bond acceptors (Lipinski definition) is 8. The molecule has 1 aliphatic rings. The van der Waals surface area contributed by atoms with E-state index >= 15 is 0 Å². The average molecular weight is 508 g/mol. The molecule has 1 saturated heterocycles. The highest BCUT2D eigenvalue weighted by molar-refractivity contribution is 5.93. The van der Waals surface area contributed by atoms with Crippen molar-refractivity contribution in [3.05, 3.63) is 58.2 Å². The maximum Gasteiger partial charge on any atom is 0.412 e. The van der Waals surface area contributed by atoms with Gasteiger partial charge in [0.15, 0.2) is 0 Å². The van der Waals surface area contributed by atoms with E-state index in [1.54, 1.807) is 69.1 Å². The normalized spacial score (nSPS) is 15.6. The number of nitrogens with zero attached hydrogens (tertiary/aromatic N) is 4. The van der Waals surface area contributed by atoms with Crippen LogP contribution in [-0.4, -0.2) is 58.6 Å². The topological polar surface area (TPSA) is 118 Å². The van der Waals surface area contributed by atoms with E-state index in [2.05, 4.69) is 15.3 Å². The maximum atomic E-state index is 13.3. The molecule has 196 valence electrons. The van der Waals surface area contributed by atoms with Crippen molar-refractivity contribution < 1.29 is 18.7 Å². The number of hydrogen-bond donors (Lipinski definition) is 1. The Labute approximate surface area is 215 Å². The first-order valence-electron chi connectivity index (χ1n) is 12.4. The fraction of sp³-hybridized carbons (Fsp3) is 0.444. The molecule has 0 spiro atoms. The van der Waals surface area contributed by atoms with Gasteiger partial charge in [0.2, 0.25) is 5.91 Å². The quantitative estimate of drug-likeness (QED) is 0.534. The van der Waals surface area contributed by atoms with E-state index < -0.39 is 23.4 Å². The van der Waals surface area contributed by atoms with Crippen LogP contribution >= 0.6 is 0 Å². The Kier molecular flexibility index (Phi) is 7.47. The van der Waals surface area contributed by atoms with Crippen LogP contribution in [0.25, 0.3) is 10.9 Å². The first-order valence-corrected chi connectivity index (χ1v) is 12.4. The minimum atomic E-state index is -0.652. The van der Waals surface area contributed by atoms with Gasteiger partial charge in [0.05, 0.1) is 10.9 Å². The molecule has 37 heavy (non-hydrogen) atoms. The Hall–Kier alpha value is -3.95. The molecule has 0 aliphatic carbocycles. The molecule has 2 aromatic heterocycles. The second kappa shape index (κ2) is 10.6. The standard InChI is InChI=1S/C27H33N5O5/c1-17-19(30-26(35)37-27(2,3)4)10-11-20-22(17)24(34)36-25(29-20)32-14-7-9-21(32)23(33)31(5)15-12-18-8-6-13-28-16-18/h6,8,10-11,13,16,21H,7,9,12,14-15H2,1-5H3,(H,30,35)/t21-/m0/s1. The van der Waals surface area contributed by atoms with E-state index in [1.165, 1.54) is 0 Å².